The normalized spacial score (nSPS) is 12.1. The van der Waals surface area contributed by atoms with Crippen LogP contribution >= 0.6 is 0 Å². The quantitative estimate of drug-likeness (QED) is 0.138. The van der Waals surface area contributed by atoms with Crippen LogP contribution in [0.25, 0.3) is 0 Å². The van der Waals surface area contributed by atoms with Crippen LogP contribution in [0.2, 0.25) is 0 Å². The number of carbonyl (C=O) groups is 1. The third-order valence-corrected chi connectivity index (χ3v) is 7.56. The van der Waals surface area contributed by atoms with Crippen LogP contribution in [0.4, 0.5) is 5.69 Å². The summed E-state index contributed by atoms with van der Waals surface area (Å²) in [6.45, 7) is 2.04. The second-order valence-corrected chi connectivity index (χ2v) is 10.9. The molecule has 11 heteroatoms. The smallest absolute Gasteiger partial charge is 0.269 e. The number of para-hydroxylation sites is 1. The molecule has 0 radical (unpaired) electrons. The monoisotopic (exact) mass is 572 g/mol. The molecule has 0 aliphatic heterocycles. The molecule has 0 saturated carbocycles. The molecule has 4 aromatic carbocycles. The lowest BCUT2D eigenvalue weighted by molar-refractivity contribution is -0.384. The topological polar surface area (TPSA) is 140 Å². The fraction of sp³-hybridized carbons (Fsp3) is 0.133. The van der Waals surface area contributed by atoms with Crippen molar-refractivity contribution in [1.29, 1.82) is 0 Å². The largest absolute Gasteiger partial charge is 0.488 e. The molecule has 2 N–H and O–H groups in total. The number of benzene rings is 4. The summed E-state index contributed by atoms with van der Waals surface area (Å²) in [6, 6.07) is 27.6. The Kier molecular flexibility index (Phi) is 9.56. The van der Waals surface area contributed by atoms with Gasteiger partial charge in [0.2, 0.25) is 15.9 Å². The van der Waals surface area contributed by atoms with Crippen molar-refractivity contribution in [2.75, 3.05) is 0 Å². The second kappa shape index (κ2) is 13.5. The first kappa shape index (κ1) is 29.1. The van der Waals surface area contributed by atoms with Crippen LogP contribution < -0.4 is 14.9 Å². The number of non-ortho nitro benzene ring substituents is 1. The summed E-state index contributed by atoms with van der Waals surface area (Å²) in [7, 11) is -3.89. The first-order valence-electron chi connectivity index (χ1n) is 12.6. The lowest BCUT2D eigenvalue weighted by Gasteiger charge is -2.18. The van der Waals surface area contributed by atoms with Gasteiger partial charge in [-0.1, -0.05) is 60.2 Å². The SMILES string of the molecule is Cc1ccc(S(=O)(=O)N[C@@H](CC(=O)N/N=C\c2ccccc2OCc2ccc([N+](=O)[O-])cc2)c2ccccc2)cc1. The summed E-state index contributed by atoms with van der Waals surface area (Å²) in [5.41, 5.74) is 5.35. The van der Waals surface area contributed by atoms with E-state index < -0.39 is 26.9 Å². The molecule has 41 heavy (non-hydrogen) atoms. The van der Waals surface area contributed by atoms with Crippen LogP contribution in [0.1, 0.15) is 34.7 Å². The molecule has 0 aromatic heterocycles. The van der Waals surface area contributed by atoms with Crippen molar-refractivity contribution in [3.05, 3.63) is 135 Å². The molecule has 0 aliphatic carbocycles. The Morgan fingerprint density at radius 3 is 2.29 bits per heavy atom. The Hall–Kier alpha value is -4.87. The third-order valence-electron chi connectivity index (χ3n) is 6.07. The minimum atomic E-state index is -3.89. The predicted octanol–water partition coefficient (Wildman–Crippen LogP) is 5.04. The number of sulfonamides is 1. The number of nitrogens with zero attached hydrogens (tertiary/aromatic N) is 2. The van der Waals surface area contributed by atoms with Gasteiger partial charge in [-0.25, -0.2) is 18.6 Å². The fourth-order valence-corrected chi connectivity index (χ4v) is 5.11. The van der Waals surface area contributed by atoms with Crippen LogP contribution in [-0.2, 0) is 21.4 Å². The Labute approximate surface area is 237 Å². The summed E-state index contributed by atoms with van der Waals surface area (Å²) in [5, 5.41) is 14.9. The maximum absolute atomic E-state index is 13.0. The molecule has 0 saturated heterocycles. The molecular weight excluding hydrogens is 544 g/mol. The Balaban J connectivity index is 1.41. The molecule has 1 amide bonds. The summed E-state index contributed by atoms with van der Waals surface area (Å²) in [6.07, 6.45) is 1.24. The number of rotatable bonds is 12. The first-order valence-corrected chi connectivity index (χ1v) is 14.1. The van der Waals surface area contributed by atoms with Crippen molar-refractivity contribution < 1.29 is 22.9 Å². The van der Waals surface area contributed by atoms with E-state index in [0.717, 1.165) is 11.1 Å². The highest BCUT2D eigenvalue weighted by molar-refractivity contribution is 7.89. The molecule has 0 heterocycles. The second-order valence-electron chi connectivity index (χ2n) is 9.14. The number of amides is 1. The number of hydrazone groups is 1. The Morgan fingerprint density at radius 2 is 1.61 bits per heavy atom. The van der Waals surface area contributed by atoms with Gasteiger partial charge in [0.05, 0.1) is 22.1 Å². The molecule has 0 fully saturated rings. The van der Waals surface area contributed by atoms with Gasteiger partial charge in [-0.05, 0) is 54.4 Å². The van der Waals surface area contributed by atoms with Crippen LogP contribution in [-0.4, -0.2) is 25.5 Å². The van der Waals surface area contributed by atoms with Crippen LogP contribution in [0.5, 0.6) is 5.75 Å². The van der Waals surface area contributed by atoms with Gasteiger partial charge < -0.3 is 4.74 Å². The number of ether oxygens (including phenoxy) is 1. The van der Waals surface area contributed by atoms with Crippen molar-refractivity contribution in [3.63, 3.8) is 0 Å². The zero-order chi connectivity index (χ0) is 29.2. The lowest BCUT2D eigenvalue weighted by atomic mass is 10.0. The van der Waals surface area contributed by atoms with E-state index in [9.17, 15) is 23.3 Å². The van der Waals surface area contributed by atoms with Crippen LogP contribution in [0.15, 0.2) is 113 Å². The van der Waals surface area contributed by atoms with Gasteiger partial charge in [-0.15, -0.1) is 0 Å². The summed E-state index contributed by atoms with van der Waals surface area (Å²) in [4.78, 5) is 23.3. The van der Waals surface area contributed by atoms with Gasteiger partial charge in [-0.2, -0.15) is 5.10 Å². The molecule has 0 aliphatic rings. The molecule has 10 nitrogen and oxygen atoms in total. The number of nitro benzene ring substituents is 1. The fourth-order valence-electron chi connectivity index (χ4n) is 3.88. The highest BCUT2D eigenvalue weighted by Crippen LogP contribution is 2.22. The standard InChI is InChI=1S/C30H28N4O6S/c1-22-11-17-27(18-12-22)41(38,39)33-28(24-7-3-2-4-8-24)19-30(35)32-31-20-25-9-5-6-10-29(25)40-21-23-13-15-26(16-14-23)34(36)37/h2-18,20,28,33H,19,21H2,1H3,(H,32,35)/b31-20-/t28-/m0/s1. The minimum Gasteiger partial charge on any atom is -0.488 e. The Bertz CT molecular complexity index is 1620. The summed E-state index contributed by atoms with van der Waals surface area (Å²) >= 11 is 0. The van der Waals surface area contributed by atoms with E-state index in [1.54, 1.807) is 78.9 Å². The van der Waals surface area contributed by atoms with Crippen LogP contribution in [0, 0.1) is 17.0 Å². The van der Waals surface area contributed by atoms with E-state index in [4.69, 9.17) is 4.74 Å². The molecule has 0 bridgehead atoms. The number of nitrogens with one attached hydrogen (secondary N) is 2. The first-order chi connectivity index (χ1) is 19.7. The van der Waals surface area contributed by atoms with E-state index >= 15 is 0 Å². The van der Waals surface area contributed by atoms with Gasteiger partial charge in [-0.3, -0.25) is 14.9 Å². The zero-order valence-electron chi connectivity index (χ0n) is 22.1. The minimum absolute atomic E-state index is 0.00511. The average molecular weight is 573 g/mol. The van der Waals surface area contributed by atoms with Crippen molar-refractivity contribution in [2.45, 2.75) is 30.9 Å². The van der Waals surface area contributed by atoms with Crippen LogP contribution in [0.3, 0.4) is 0 Å². The Morgan fingerprint density at radius 1 is 0.951 bits per heavy atom. The number of aryl methyl sites for hydroxylation is 1. The van der Waals surface area contributed by atoms with E-state index in [1.807, 2.05) is 6.92 Å². The number of hydrogen-bond donors (Lipinski definition) is 2. The van der Waals surface area contributed by atoms with Gasteiger partial charge in [0, 0.05) is 24.1 Å². The number of carbonyl (C=O) groups excluding carboxylic acids is 1. The zero-order valence-corrected chi connectivity index (χ0v) is 23.0. The van der Waals surface area contributed by atoms with Crippen molar-refractivity contribution in [2.24, 2.45) is 5.10 Å². The van der Waals surface area contributed by atoms with Gasteiger partial charge in [0.15, 0.2) is 0 Å². The highest BCUT2D eigenvalue weighted by Gasteiger charge is 2.23. The third kappa shape index (κ3) is 8.31. The van der Waals surface area contributed by atoms with Crippen molar-refractivity contribution in [3.8, 4) is 5.75 Å². The van der Waals surface area contributed by atoms with E-state index in [0.29, 0.717) is 16.9 Å². The van der Waals surface area contributed by atoms with Gasteiger partial charge >= 0.3 is 0 Å². The highest BCUT2D eigenvalue weighted by atomic mass is 32.2. The number of hydrogen-bond acceptors (Lipinski definition) is 7. The van der Waals surface area contributed by atoms with Gasteiger partial charge in [0.1, 0.15) is 12.4 Å². The molecule has 0 spiro atoms. The molecule has 4 rings (SSSR count). The summed E-state index contributed by atoms with van der Waals surface area (Å²) in [5.74, 6) is 0.00265. The molecular formula is C30H28N4O6S. The van der Waals surface area contributed by atoms with Crippen molar-refractivity contribution in [1.82, 2.24) is 10.1 Å². The van der Waals surface area contributed by atoms with Crippen molar-refractivity contribution >= 4 is 27.8 Å². The maximum Gasteiger partial charge on any atom is 0.269 e. The molecule has 1 atom stereocenters. The average Bonchev–Trinajstić information content (AvgIpc) is 2.97. The number of nitro groups is 1. The summed E-state index contributed by atoms with van der Waals surface area (Å²) < 4.78 is 34.6. The maximum atomic E-state index is 13.0. The molecule has 210 valence electrons. The molecule has 0 unspecified atom stereocenters. The van der Waals surface area contributed by atoms with E-state index in [-0.39, 0.29) is 23.6 Å². The molecule has 4 aromatic rings. The van der Waals surface area contributed by atoms with E-state index in [2.05, 4.69) is 15.2 Å². The lowest BCUT2D eigenvalue weighted by Crippen LogP contribution is -2.32. The predicted molar refractivity (Wildman–Crippen MR) is 155 cm³/mol. The van der Waals surface area contributed by atoms with E-state index in [1.165, 1.54) is 30.5 Å². The van der Waals surface area contributed by atoms with Gasteiger partial charge in [0.25, 0.3) is 5.69 Å².